The molecule has 0 saturated carbocycles. The molecule has 1 amide bonds. The molecular weight excluding hydrogens is 393 g/mol. The van der Waals surface area contributed by atoms with E-state index in [0.717, 1.165) is 23.3 Å². The SMILES string of the molecule is CCc1ccc(Oc2ccc(Cl)cc2/C=C2/C(=O)Nc3cc(Cl)ccc32)cc1. The molecule has 4 rings (SSSR count). The number of amides is 1. The van der Waals surface area contributed by atoms with Crippen LogP contribution in [0.5, 0.6) is 11.5 Å². The minimum Gasteiger partial charge on any atom is -0.457 e. The monoisotopic (exact) mass is 409 g/mol. The standard InChI is InChI=1S/C23H17Cl2NO2/c1-2-14-3-7-18(8-4-14)28-22-10-6-16(24)11-15(22)12-20-19-9-5-17(25)13-21(19)26-23(20)27/h3-13H,2H2,1H3,(H,26,27)/b20-12+. The van der Waals surface area contributed by atoms with Crippen molar-refractivity contribution in [2.45, 2.75) is 13.3 Å². The molecule has 0 aliphatic carbocycles. The number of carbonyl (C=O) groups is 1. The van der Waals surface area contributed by atoms with E-state index in [4.69, 9.17) is 27.9 Å². The first-order valence-electron chi connectivity index (χ1n) is 8.93. The highest BCUT2D eigenvalue weighted by molar-refractivity contribution is 6.37. The van der Waals surface area contributed by atoms with E-state index in [9.17, 15) is 4.79 Å². The van der Waals surface area contributed by atoms with Crippen LogP contribution in [0.15, 0.2) is 60.7 Å². The Hall–Kier alpha value is -2.75. The van der Waals surface area contributed by atoms with Gasteiger partial charge in [-0.25, -0.2) is 0 Å². The average Bonchev–Trinajstić information content (AvgIpc) is 2.99. The normalized spacial score (nSPS) is 14.1. The molecule has 0 spiro atoms. The van der Waals surface area contributed by atoms with Gasteiger partial charge >= 0.3 is 0 Å². The zero-order valence-corrected chi connectivity index (χ0v) is 16.6. The van der Waals surface area contributed by atoms with E-state index >= 15 is 0 Å². The van der Waals surface area contributed by atoms with Crippen molar-refractivity contribution in [2.24, 2.45) is 0 Å². The summed E-state index contributed by atoms with van der Waals surface area (Å²) in [6.45, 7) is 2.11. The predicted molar refractivity (Wildman–Crippen MR) is 115 cm³/mol. The van der Waals surface area contributed by atoms with Gasteiger partial charge in [0.2, 0.25) is 0 Å². The molecule has 3 aromatic carbocycles. The smallest absolute Gasteiger partial charge is 0.256 e. The summed E-state index contributed by atoms with van der Waals surface area (Å²) in [6, 6.07) is 18.6. The molecule has 140 valence electrons. The van der Waals surface area contributed by atoms with Crippen LogP contribution >= 0.6 is 23.2 Å². The molecule has 0 atom stereocenters. The molecule has 0 aromatic heterocycles. The van der Waals surface area contributed by atoms with Crippen molar-refractivity contribution in [3.8, 4) is 11.5 Å². The number of hydrogen-bond acceptors (Lipinski definition) is 2. The Morgan fingerprint density at radius 1 is 0.964 bits per heavy atom. The van der Waals surface area contributed by atoms with Gasteiger partial charge in [-0.3, -0.25) is 4.79 Å². The van der Waals surface area contributed by atoms with Gasteiger partial charge in [0.05, 0.1) is 5.69 Å². The Bertz CT molecular complexity index is 1090. The van der Waals surface area contributed by atoms with Crippen LogP contribution in [0.1, 0.15) is 23.6 Å². The van der Waals surface area contributed by atoms with Crippen molar-refractivity contribution in [3.05, 3.63) is 87.4 Å². The maximum absolute atomic E-state index is 12.5. The molecule has 1 aliphatic heterocycles. The number of fused-ring (bicyclic) bond motifs is 1. The van der Waals surface area contributed by atoms with Gasteiger partial charge in [0.25, 0.3) is 5.91 Å². The summed E-state index contributed by atoms with van der Waals surface area (Å²) in [4.78, 5) is 12.5. The van der Waals surface area contributed by atoms with Gasteiger partial charge in [-0.2, -0.15) is 0 Å². The summed E-state index contributed by atoms with van der Waals surface area (Å²) in [5.41, 5.74) is 4.00. The fourth-order valence-corrected chi connectivity index (χ4v) is 3.46. The van der Waals surface area contributed by atoms with Gasteiger partial charge in [-0.15, -0.1) is 0 Å². The number of ether oxygens (including phenoxy) is 1. The summed E-state index contributed by atoms with van der Waals surface area (Å²) < 4.78 is 6.06. The Kier molecular flexibility index (Phi) is 5.12. The fourth-order valence-electron chi connectivity index (χ4n) is 3.11. The van der Waals surface area contributed by atoms with Crippen LogP contribution in [-0.2, 0) is 11.2 Å². The van der Waals surface area contributed by atoms with Crippen molar-refractivity contribution in [2.75, 3.05) is 5.32 Å². The van der Waals surface area contributed by atoms with Crippen molar-refractivity contribution in [1.29, 1.82) is 0 Å². The number of carbonyl (C=O) groups excluding carboxylic acids is 1. The molecule has 1 aliphatic rings. The zero-order chi connectivity index (χ0) is 19.7. The molecule has 1 heterocycles. The van der Waals surface area contributed by atoms with Gasteiger partial charge in [0.15, 0.2) is 0 Å². The highest BCUT2D eigenvalue weighted by Crippen LogP contribution is 2.37. The van der Waals surface area contributed by atoms with Crippen molar-refractivity contribution >= 4 is 46.4 Å². The number of aryl methyl sites for hydroxylation is 1. The predicted octanol–water partition coefficient (Wildman–Crippen LogP) is 6.84. The van der Waals surface area contributed by atoms with Crippen LogP contribution in [-0.4, -0.2) is 5.91 Å². The van der Waals surface area contributed by atoms with E-state index in [1.54, 1.807) is 36.4 Å². The highest BCUT2D eigenvalue weighted by Gasteiger charge is 2.24. The summed E-state index contributed by atoms with van der Waals surface area (Å²) in [5.74, 6) is 1.16. The number of halogens is 2. The molecule has 1 N–H and O–H groups in total. The third kappa shape index (κ3) is 3.77. The number of nitrogens with one attached hydrogen (secondary N) is 1. The third-order valence-corrected chi connectivity index (χ3v) is 5.07. The Morgan fingerprint density at radius 3 is 2.43 bits per heavy atom. The van der Waals surface area contributed by atoms with E-state index in [1.165, 1.54) is 5.56 Å². The molecule has 5 heteroatoms. The van der Waals surface area contributed by atoms with E-state index in [-0.39, 0.29) is 5.91 Å². The quantitative estimate of drug-likeness (QED) is 0.478. The Balaban J connectivity index is 1.73. The maximum Gasteiger partial charge on any atom is 0.256 e. The lowest BCUT2D eigenvalue weighted by Crippen LogP contribution is -2.03. The average molecular weight is 410 g/mol. The fraction of sp³-hybridized carbons (Fsp3) is 0.0870. The minimum absolute atomic E-state index is 0.185. The lowest BCUT2D eigenvalue weighted by molar-refractivity contribution is -0.110. The van der Waals surface area contributed by atoms with Crippen LogP contribution in [0, 0.1) is 0 Å². The first-order chi connectivity index (χ1) is 13.5. The maximum atomic E-state index is 12.5. The van der Waals surface area contributed by atoms with Gasteiger partial charge in [0, 0.05) is 26.7 Å². The van der Waals surface area contributed by atoms with E-state index in [2.05, 4.69) is 12.2 Å². The third-order valence-electron chi connectivity index (χ3n) is 4.60. The van der Waals surface area contributed by atoms with Crippen LogP contribution in [0.3, 0.4) is 0 Å². The second-order valence-corrected chi connectivity index (χ2v) is 7.36. The molecule has 0 saturated heterocycles. The lowest BCUT2D eigenvalue weighted by atomic mass is 10.0. The largest absolute Gasteiger partial charge is 0.457 e. The molecule has 28 heavy (non-hydrogen) atoms. The van der Waals surface area contributed by atoms with Crippen LogP contribution < -0.4 is 10.1 Å². The molecule has 0 radical (unpaired) electrons. The van der Waals surface area contributed by atoms with Crippen LogP contribution in [0.4, 0.5) is 5.69 Å². The van der Waals surface area contributed by atoms with E-state index in [0.29, 0.717) is 27.1 Å². The Morgan fingerprint density at radius 2 is 1.68 bits per heavy atom. The van der Waals surface area contributed by atoms with E-state index in [1.807, 2.05) is 30.3 Å². The van der Waals surface area contributed by atoms with E-state index < -0.39 is 0 Å². The molecule has 0 fully saturated rings. The first-order valence-corrected chi connectivity index (χ1v) is 9.68. The second-order valence-electron chi connectivity index (χ2n) is 6.48. The zero-order valence-electron chi connectivity index (χ0n) is 15.1. The molecule has 3 aromatic rings. The first kappa shape index (κ1) is 18.6. The van der Waals surface area contributed by atoms with Crippen LogP contribution in [0.2, 0.25) is 10.0 Å². The summed E-state index contributed by atoms with van der Waals surface area (Å²) in [6.07, 6.45) is 2.76. The Labute approximate surface area is 173 Å². The van der Waals surface area contributed by atoms with Gasteiger partial charge < -0.3 is 10.1 Å². The van der Waals surface area contributed by atoms with Gasteiger partial charge in [-0.05, 0) is 60.5 Å². The van der Waals surface area contributed by atoms with Gasteiger partial charge in [0.1, 0.15) is 11.5 Å². The number of anilines is 1. The van der Waals surface area contributed by atoms with Gasteiger partial charge in [-0.1, -0.05) is 48.3 Å². The molecule has 0 bridgehead atoms. The highest BCUT2D eigenvalue weighted by atomic mass is 35.5. The van der Waals surface area contributed by atoms with Crippen LogP contribution in [0.25, 0.3) is 11.6 Å². The van der Waals surface area contributed by atoms with Crippen molar-refractivity contribution in [1.82, 2.24) is 0 Å². The van der Waals surface area contributed by atoms with Crippen molar-refractivity contribution in [3.63, 3.8) is 0 Å². The minimum atomic E-state index is -0.185. The number of benzene rings is 3. The topological polar surface area (TPSA) is 38.3 Å². The summed E-state index contributed by atoms with van der Waals surface area (Å²) in [7, 11) is 0. The summed E-state index contributed by atoms with van der Waals surface area (Å²) >= 11 is 12.2. The summed E-state index contributed by atoms with van der Waals surface area (Å²) in [5, 5.41) is 3.98. The molecule has 0 unspecified atom stereocenters. The number of rotatable bonds is 4. The molecule has 3 nitrogen and oxygen atoms in total. The lowest BCUT2D eigenvalue weighted by Gasteiger charge is -2.10. The number of hydrogen-bond donors (Lipinski definition) is 1. The molecular formula is C23H17Cl2NO2. The second kappa shape index (κ2) is 7.70. The van der Waals surface area contributed by atoms with Crippen molar-refractivity contribution < 1.29 is 9.53 Å².